The number of likely N-dealkylation sites (N-methyl/N-ethyl adjacent to an activating group) is 1. The molecule has 0 bridgehead atoms. The van der Waals surface area contributed by atoms with Crippen molar-refractivity contribution < 1.29 is 42.9 Å². The lowest BCUT2D eigenvalue weighted by Gasteiger charge is -2.26. The highest BCUT2D eigenvalue weighted by Gasteiger charge is 2.21. The second-order valence-corrected chi connectivity index (χ2v) is 15.6. The summed E-state index contributed by atoms with van der Waals surface area (Å²) in [6, 6.07) is 0. The summed E-state index contributed by atoms with van der Waals surface area (Å²) in [6.07, 6.45) is 34.9. The lowest BCUT2D eigenvalue weighted by Crippen LogP contribution is -2.44. The monoisotopic (exact) mass is 752 g/mol. The van der Waals surface area contributed by atoms with Crippen molar-refractivity contribution in [3.63, 3.8) is 0 Å². The van der Waals surface area contributed by atoms with E-state index in [1.54, 1.807) is 0 Å². The molecule has 53 heavy (non-hydrogen) atoms. The van der Waals surface area contributed by atoms with Crippen LogP contribution in [0.1, 0.15) is 181 Å². The Morgan fingerprint density at radius 2 is 0.962 bits per heavy atom. The topological polar surface area (TPSA) is 111 Å². The number of quaternary nitrogens is 1. The Morgan fingerprint density at radius 1 is 0.547 bits per heavy atom. The highest BCUT2D eigenvalue weighted by atomic mass is 16.7. The van der Waals surface area contributed by atoms with Crippen molar-refractivity contribution in [3.05, 3.63) is 24.3 Å². The molecule has 0 aromatic rings. The second-order valence-electron chi connectivity index (χ2n) is 15.6. The van der Waals surface area contributed by atoms with Gasteiger partial charge in [-0.3, -0.25) is 9.59 Å². The number of carboxylic acid groups (broad SMARTS) is 1. The zero-order valence-electron chi connectivity index (χ0n) is 34.9. The quantitative estimate of drug-likeness (QED) is 0.0201. The summed E-state index contributed by atoms with van der Waals surface area (Å²) in [7, 11) is 5.90. The van der Waals surface area contributed by atoms with Gasteiger partial charge in [0.1, 0.15) is 13.2 Å². The van der Waals surface area contributed by atoms with Crippen LogP contribution >= 0.6 is 0 Å². The average molecular weight is 752 g/mol. The van der Waals surface area contributed by atoms with Gasteiger partial charge in [-0.2, -0.15) is 0 Å². The fourth-order valence-corrected chi connectivity index (χ4v) is 5.76. The number of rotatable bonds is 39. The van der Waals surface area contributed by atoms with E-state index >= 15 is 0 Å². The molecule has 0 aromatic carbocycles. The van der Waals surface area contributed by atoms with Crippen LogP contribution in [0.5, 0.6) is 0 Å². The molecule has 0 spiro atoms. The molecule has 0 aliphatic heterocycles. The zero-order valence-corrected chi connectivity index (χ0v) is 34.9. The lowest BCUT2D eigenvalue weighted by molar-refractivity contribution is -0.870. The molecule has 0 saturated heterocycles. The van der Waals surface area contributed by atoms with E-state index in [-0.39, 0.29) is 38.6 Å². The standard InChI is InChI=1S/C44H81NO8/c1-6-8-10-12-14-16-18-20-22-24-26-28-30-32-34-41(46)51-38-40(39-52-44(43(48)49)50-37-36-45(3,4)5)53-42(47)35-33-31-29-27-25-23-21-19-17-15-13-11-9-7-2/h18-21,40,44H,6-17,22-39H2,1-5H3/b20-18-,21-19-. The van der Waals surface area contributed by atoms with Crippen LogP contribution in [-0.4, -0.2) is 82.3 Å². The van der Waals surface area contributed by atoms with Gasteiger partial charge in [-0.15, -0.1) is 0 Å². The van der Waals surface area contributed by atoms with E-state index in [1.807, 2.05) is 21.1 Å². The van der Waals surface area contributed by atoms with Gasteiger partial charge in [-0.1, -0.05) is 128 Å². The van der Waals surface area contributed by atoms with E-state index in [0.717, 1.165) is 70.6 Å². The largest absolute Gasteiger partial charge is 0.545 e. The predicted molar refractivity (Wildman–Crippen MR) is 214 cm³/mol. The van der Waals surface area contributed by atoms with Crippen molar-refractivity contribution >= 4 is 17.9 Å². The van der Waals surface area contributed by atoms with Crippen molar-refractivity contribution in [2.24, 2.45) is 0 Å². The predicted octanol–water partition coefficient (Wildman–Crippen LogP) is 9.55. The Morgan fingerprint density at radius 3 is 1.40 bits per heavy atom. The molecule has 2 unspecified atom stereocenters. The second kappa shape index (κ2) is 36.7. The van der Waals surface area contributed by atoms with Crippen LogP contribution in [0.3, 0.4) is 0 Å². The molecule has 0 amide bonds. The molecule has 0 rings (SSSR count). The first-order chi connectivity index (χ1) is 25.6. The zero-order chi connectivity index (χ0) is 39.3. The molecule has 0 aromatic heterocycles. The number of carbonyl (C=O) groups is 3. The molecule has 0 aliphatic carbocycles. The van der Waals surface area contributed by atoms with Crippen LogP contribution in [0.2, 0.25) is 0 Å². The van der Waals surface area contributed by atoms with Gasteiger partial charge in [0.05, 0.1) is 40.3 Å². The molecule has 0 radical (unpaired) electrons. The number of aliphatic carboxylic acids is 1. The third-order valence-electron chi connectivity index (χ3n) is 9.17. The Bertz CT molecular complexity index is 929. The Hall–Kier alpha value is -2.23. The molecule has 0 fully saturated rings. The number of carbonyl (C=O) groups excluding carboxylic acids is 3. The van der Waals surface area contributed by atoms with Gasteiger partial charge in [0, 0.05) is 12.8 Å². The maximum Gasteiger partial charge on any atom is 0.306 e. The summed E-state index contributed by atoms with van der Waals surface area (Å²) in [5, 5.41) is 11.7. The molecule has 0 saturated carbocycles. The smallest absolute Gasteiger partial charge is 0.306 e. The maximum atomic E-state index is 12.7. The number of esters is 2. The van der Waals surface area contributed by atoms with E-state index in [9.17, 15) is 19.5 Å². The summed E-state index contributed by atoms with van der Waals surface area (Å²) >= 11 is 0. The number of carboxylic acids is 1. The fourth-order valence-electron chi connectivity index (χ4n) is 5.76. The first-order valence-electron chi connectivity index (χ1n) is 21.5. The number of hydrogen-bond donors (Lipinski definition) is 0. The van der Waals surface area contributed by atoms with Crippen molar-refractivity contribution in [2.45, 2.75) is 193 Å². The molecular formula is C44H81NO8. The minimum atomic E-state index is -1.62. The van der Waals surface area contributed by atoms with Gasteiger partial charge in [0.15, 0.2) is 12.4 Å². The fraction of sp³-hybridized carbons (Fsp3) is 0.841. The lowest BCUT2D eigenvalue weighted by atomic mass is 10.1. The first-order valence-corrected chi connectivity index (χ1v) is 21.5. The molecular weight excluding hydrogens is 670 g/mol. The number of allylic oxidation sites excluding steroid dienone is 4. The van der Waals surface area contributed by atoms with Crippen LogP contribution in [0, 0.1) is 0 Å². The summed E-state index contributed by atoms with van der Waals surface area (Å²) in [4.78, 5) is 36.9. The van der Waals surface area contributed by atoms with E-state index in [4.69, 9.17) is 18.9 Å². The highest BCUT2D eigenvalue weighted by Crippen LogP contribution is 2.13. The number of unbranched alkanes of at least 4 members (excludes halogenated alkanes) is 20. The van der Waals surface area contributed by atoms with Gasteiger partial charge in [0.2, 0.25) is 0 Å². The van der Waals surface area contributed by atoms with Gasteiger partial charge < -0.3 is 33.3 Å². The van der Waals surface area contributed by atoms with Crippen LogP contribution < -0.4 is 5.11 Å². The molecule has 9 heteroatoms. The van der Waals surface area contributed by atoms with E-state index in [0.29, 0.717) is 17.4 Å². The molecule has 0 N–H and O–H groups in total. The SMILES string of the molecule is CCCCCCC/C=C\CCCCCCCC(=O)OCC(COC(OCC[N+](C)(C)C)C(=O)[O-])OC(=O)CCCCCCC/C=C\CCCCCCC. The van der Waals surface area contributed by atoms with Crippen molar-refractivity contribution in [1.82, 2.24) is 0 Å². The first kappa shape index (κ1) is 50.8. The van der Waals surface area contributed by atoms with Gasteiger partial charge in [0.25, 0.3) is 0 Å². The summed E-state index contributed by atoms with van der Waals surface area (Å²) in [6.45, 7) is 4.69. The van der Waals surface area contributed by atoms with Crippen molar-refractivity contribution in [1.29, 1.82) is 0 Å². The summed E-state index contributed by atoms with van der Waals surface area (Å²) in [5.41, 5.74) is 0. The van der Waals surface area contributed by atoms with Crippen LogP contribution in [0.15, 0.2) is 24.3 Å². The summed E-state index contributed by atoms with van der Waals surface area (Å²) in [5.74, 6) is -2.31. The number of nitrogens with zero attached hydrogens (tertiary/aromatic N) is 1. The van der Waals surface area contributed by atoms with Gasteiger partial charge >= 0.3 is 11.9 Å². The van der Waals surface area contributed by atoms with Crippen LogP contribution in [0.25, 0.3) is 0 Å². The third-order valence-corrected chi connectivity index (χ3v) is 9.17. The Labute approximate surface area is 325 Å². The molecule has 0 heterocycles. The normalized spacial score (nSPS) is 13.2. The molecule has 9 nitrogen and oxygen atoms in total. The third kappa shape index (κ3) is 37.9. The van der Waals surface area contributed by atoms with Crippen LogP contribution in [0.4, 0.5) is 0 Å². The van der Waals surface area contributed by atoms with E-state index in [2.05, 4.69) is 38.2 Å². The van der Waals surface area contributed by atoms with E-state index in [1.165, 1.54) is 77.0 Å². The average Bonchev–Trinajstić information content (AvgIpc) is 3.11. The van der Waals surface area contributed by atoms with Crippen molar-refractivity contribution in [3.8, 4) is 0 Å². The summed E-state index contributed by atoms with van der Waals surface area (Å²) < 4.78 is 22.5. The van der Waals surface area contributed by atoms with Gasteiger partial charge in [-0.05, 0) is 64.2 Å². The highest BCUT2D eigenvalue weighted by molar-refractivity contribution is 5.70. The molecule has 2 atom stereocenters. The Kier molecular flexibility index (Phi) is 35.2. The molecule has 0 aliphatic rings. The number of ether oxygens (including phenoxy) is 4. The van der Waals surface area contributed by atoms with Crippen molar-refractivity contribution in [2.75, 3.05) is 47.5 Å². The maximum absolute atomic E-state index is 12.7. The molecule has 310 valence electrons. The minimum absolute atomic E-state index is 0.146. The van der Waals surface area contributed by atoms with Gasteiger partial charge in [-0.25, -0.2) is 0 Å². The Balaban J connectivity index is 4.50. The number of hydrogen-bond acceptors (Lipinski definition) is 8. The van der Waals surface area contributed by atoms with Crippen LogP contribution in [-0.2, 0) is 33.3 Å². The minimum Gasteiger partial charge on any atom is -0.545 e. The van der Waals surface area contributed by atoms with E-state index < -0.39 is 24.3 Å².